The van der Waals surface area contributed by atoms with Crippen LogP contribution in [-0.2, 0) is 6.42 Å². The molecule has 0 aliphatic rings. The van der Waals surface area contributed by atoms with Crippen LogP contribution in [0.5, 0.6) is 0 Å². The van der Waals surface area contributed by atoms with E-state index < -0.39 is 0 Å². The predicted molar refractivity (Wildman–Crippen MR) is 63.4 cm³/mol. The van der Waals surface area contributed by atoms with E-state index in [1.807, 2.05) is 12.1 Å². The highest BCUT2D eigenvalue weighted by atomic mass is 19.1. The van der Waals surface area contributed by atoms with Crippen LogP contribution in [0, 0.1) is 11.7 Å². The maximum atomic E-state index is 12.6. The monoisotopic (exact) mass is 208 g/mol. The molecule has 0 bridgehead atoms. The van der Waals surface area contributed by atoms with E-state index >= 15 is 0 Å². The zero-order valence-corrected chi connectivity index (χ0v) is 9.80. The molecule has 0 nitrogen and oxygen atoms in total. The standard InChI is InChI=1S/C14H21F/c1-3-5-12(2)6-4-7-13-8-10-14(15)11-9-13/h8-12H,3-7H2,1-2H3. The molecule has 0 fully saturated rings. The summed E-state index contributed by atoms with van der Waals surface area (Å²) in [5, 5.41) is 0. The number of benzene rings is 1. The van der Waals surface area contributed by atoms with Gasteiger partial charge in [-0.05, 0) is 36.5 Å². The van der Waals surface area contributed by atoms with Crippen LogP contribution >= 0.6 is 0 Å². The van der Waals surface area contributed by atoms with E-state index in [2.05, 4.69) is 13.8 Å². The van der Waals surface area contributed by atoms with Crippen LogP contribution < -0.4 is 0 Å². The molecule has 1 rings (SSSR count). The first-order valence-electron chi connectivity index (χ1n) is 5.96. The van der Waals surface area contributed by atoms with E-state index in [4.69, 9.17) is 0 Å². The maximum Gasteiger partial charge on any atom is 0.123 e. The van der Waals surface area contributed by atoms with Gasteiger partial charge in [0, 0.05) is 0 Å². The summed E-state index contributed by atoms with van der Waals surface area (Å²) in [5.41, 5.74) is 1.25. The van der Waals surface area contributed by atoms with Crippen molar-refractivity contribution in [2.45, 2.75) is 46.0 Å². The Balaban J connectivity index is 2.22. The molecule has 0 saturated carbocycles. The van der Waals surface area contributed by atoms with Crippen molar-refractivity contribution in [3.8, 4) is 0 Å². The zero-order valence-electron chi connectivity index (χ0n) is 9.80. The summed E-state index contributed by atoms with van der Waals surface area (Å²) in [4.78, 5) is 0. The second-order valence-corrected chi connectivity index (χ2v) is 4.41. The minimum absolute atomic E-state index is 0.141. The van der Waals surface area contributed by atoms with E-state index in [0.717, 1.165) is 12.3 Å². The highest BCUT2D eigenvalue weighted by Gasteiger charge is 2.01. The lowest BCUT2D eigenvalue weighted by Crippen LogP contribution is -1.95. The Hall–Kier alpha value is -0.850. The van der Waals surface area contributed by atoms with Crippen LogP contribution in [0.1, 0.15) is 45.1 Å². The summed E-state index contributed by atoms with van der Waals surface area (Å²) in [6.45, 7) is 4.55. The topological polar surface area (TPSA) is 0 Å². The highest BCUT2D eigenvalue weighted by Crippen LogP contribution is 2.15. The van der Waals surface area contributed by atoms with Crippen molar-refractivity contribution >= 4 is 0 Å². The Morgan fingerprint density at radius 2 is 1.80 bits per heavy atom. The lowest BCUT2D eigenvalue weighted by Gasteiger charge is -2.09. The molecule has 0 aliphatic carbocycles. The fourth-order valence-corrected chi connectivity index (χ4v) is 1.94. The average molecular weight is 208 g/mol. The molecule has 0 radical (unpaired) electrons. The summed E-state index contributed by atoms with van der Waals surface area (Å²) in [6.07, 6.45) is 6.17. The Bertz CT molecular complexity index is 263. The molecule has 0 aliphatic heterocycles. The van der Waals surface area contributed by atoms with Gasteiger partial charge in [-0.15, -0.1) is 0 Å². The number of aryl methyl sites for hydroxylation is 1. The molecule has 0 spiro atoms. The van der Waals surface area contributed by atoms with Gasteiger partial charge in [0.2, 0.25) is 0 Å². The molecule has 1 unspecified atom stereocenters. The van der Waals surface area contributed by atoms with Gasteiger partial charge in [-0.2, -0.15) is 0 Å². The van der Waals surface area contributed by atoms with Gasteiger partial charge >= 0.3 is 0 Å². The van der Waals surface area contributed by atoms with Crippen molar-refractivity contribution < 1.29 is 4.39 Å². The van der Waals surface area contributed by atoms with E-state index in [0.29, 0.717) is 0 Å². The smallest absolute Gasteiger partial charge is 0.123 e. The van der Waals surface area contributed by atoms with Gasteiger partial charge in [0.25, 0.3) is 0 Å². The minimum Gasteiger partial charge on any atom is -0.207 e. The second kappa shape index (κ2) is 6.60. The summed E-state index contributed by atoms with van der Waals surface area (Å²) in [7, 11) is 0. The third-order valence-corrected chi connectivity index (χ3v) is 2.86. The van der Waals surface area contributed by atoms with Crippen LogP contribution in [0.25, 0.3) is 0 Å². The normalized spacial score (nSPS) is 12.7. The lowest BCUT2D eigenvalue weighted by atomic mass is 9.97. The molecule has 84 valence electrons. The van der Waals surface area contributed by atoms with Gasteiger partial charge < -0.3 is 0 Å². The summed E-state index contributed by atoms with van der Waals surface area (Å²) in [5.74, 6) is 0.688. The molecular weight excluding hydrogens is 187 g/mol. The quantitative estimate of drug-likeness (QED) is 0.641. The SMILES string of the molecule is CCCC(C)CCCc1ccc(F)cc1. The van der Waals surface area contributed by atoms with E-state index in [-0.39, 0.29) is 5.82 Å². The molecule has 0 aromatic heterocycles. The highest BCUT2D eigenvalue weighted by molar-refractivity contribution is 5.15. The maximum absolute atomic E-state index is 12.6. The van der Waals surface area contributed by atoms with Gasteiger partial charge in [0.05, 0.1) is 0 Å². The molecule has 15 heavy (non-hydrogen) atoms. The van der Waals surface area contributed by atoms with E-state index in [1.54, 1.807) is 12.1 Å². The van der Waals surface area contributed by atoms with Crippen LogP contribution in [0.15, 0.2) is 24.3 Å². The average Bonchev–Trinajstić information content (AvgIpc) is 2.21. The fourth-order valence-electron chi connectivity index (χ4n) is 1.94. The number of halogens is 1. The zero-order chi connectivity index (χ0) is 11.1. The van der Waals surface area contributed by atoms with Gasteiger partial charge in [0.1, 0.15) is 5.82 Å². The van der Waals surface area contributed by atoms with Gasteiger partial charge in [-0.3, -0.25) is 0 Å². The first-order chi connectivity index (χ1) is 7.22. The fraction of sp³-hybridized carbons (Fsp3) is 0.571. The van der Waals surface area contributed by atoms with Gasteiger partial charge in [0.15, 0.2) is 0 Å². The molecular formula is C14H21F. The molecule has 0 N–H and O–H groups in total. The predicted octanol–water partition coefficient (Wildman–Crippen LogP) is 4.58. The summed E-state index contributed by atoms with van der Waals surface area (Å²) in [6, 6.07) is 6.87. The third kappa shape index (κ3) is 4.96. The van der Waals surface area contributed by atoms with Crippen molar-refractivity contribution in [1.82, 2.24) is 0 Å². The largest absolute Gasteiger partial charge is 0.207 e. The van der Waals surface area contributed by atoms with Crippen molar-refractivity contribution in [3.63, 3.8) is 0 Å². The van der Waals surface area contributed by atoms with Crippen LogP contribution in [0.3, 0.4) is 0 Å². The molecule has 1 atom stereocenters. The summed E-state index contributed by atoms with van der Waals surface area (Å²) >= 11 is 0. The molecule has 1 aromatic carbocycles. The van der Waals surface area contributed by atoms with Crippen molar-refractivity contribution in [2.75, 3.05) is 0 Å². The number of hydrogen-bond donors (Lipinski definition) is 0. The second-order valence-electron chi connectivity index (χ2n) is 4.41. The minimum atomic E-state index is -0.141. The third-order valence-electron chi connectivity index (χ3n) is 2.86. The number of rotatable bonds is 6. The molecule has 0 heterocycles. The van der Waals surface area contributed by atoms with Crippen molar-refractivity contribution in [3.05, 3.63) is 35.6 Å². The van der Waals surface area contributed by atoms with Crippen LogP contribution in [-0.4, -0.2) is 0 Å². The van der Waals surface area contributed by atoms with Gasteiger partial charge in [-0.1, -0.05) is 45.2 Å². The van der Waals surface area contributed by atoms with Gasteiger partial charge in [-0.25, -0.2) is 4.39 Å². The first kappa shape index (κ1) is 12.2. The Kier molecular flexibility index (Phi) is 5.38. The Labute approximate surface area is 92.5 Å². The van der Waals surface area contributed by atoms with Crippen molar-refractivity contribution in [1.29, 1.82) is 0 Å². The molecule has 0 amide bonds. The lowest BCUT2D eigenvalue weighted by molar-refractivity contribution is 0.469. The van der Waals surface area contributed by atoms with Crippen molar-refractivity contribution in [2.24, 2.45) is 5.92 Å². The van der Waals surface area contributed by atoms with E-state index in [1.165, 1.54) is 31.2 Å². The first-order valence-corrected chi connectivity index (χ1v) is 5.96. The molecule has 1 heteroatoms. The Morgan fingerprint density at radius 3 is 2.40 bits per heavy atom. The molecule has 1 aromatic rings. The van der Waals surface area contributed by atoms with Crippen LogP contribution in [0.4, 0.5) is 4.39 Å². The van der Waals surface area contributed by atoms with E-state index in [9.17, 15) is 4.39 Å². The van der Waals surface area contributed by atoms with Crippen LogP contribution in [0.2, 0.25) is 0 Å². The Morgan fingerprint density at radius 1 is 1.13 bits per heavy atom. The molecule has 0 saturated heterocycles. The summed E-state index contributed by atoms with van der Waals surface area (Å²) < 4.78 is 12.6. The number of hydrogen-bond acceptors (Lipinski definition) is 0.